The van der Waals surface area contributed by atoms with Crippen LogP contribution in [0.4, 0.5) is 8.78 Å². The van der Waals surface area contributed by atoms with Crippen LogP contribution in [0, 0.1) is 28.4 Å². The zero-order chi connectivity index (χ0) is 18.9. The van der Waals surface area contributed by atoms with Crippen molar-refractivity contribution in [1.82, 2.24) is 9.21 Å². The predicted octanol–water partition coefficient (Wildman–Crippen LogP) is 1.88. The van der Waals surface area contributed by atoms with E-state index in [2.05, 4.69) is 6.07 Å². The maximum absolute atomic E-state index is 13.9. The number of carbonyl (C=O) groups is 1. The molecule has 0 N–H and O–H groups in total. The van der Waals surface area contributed by atoms with Crippen LogP contribution in [0.5, 0.6) is 0 Å². The van der Waals surface area contributed by atoms with Gasteiger partial charge in [-0.15, -0.1) is 0 Å². The Morgan fingerprint density at radius 2 is 1.62 bits per heavy atom. The smallest absolute Gasteiger partial charge is 0.249 e. The lowest BCUT2D eigenvalue weighted by Gasteiger charge is -2.37. The SMILES string of the molecule is N#CC1(C(=O)N2CCN(S(=O)(=O)c3c(F)cccc3F)CC2)CCCC1. The molecule has 0 unspecified atom stereocenters. The van der Waals surface area contributed by atoms with Gasteiger partial charge in [0.25, 0.3) is 0 Å². The number of rotatable bonds is 3. The van der Waals surface area contributed by atoms with Crippen LogP contribution >= 0.6 is 0 Å². The highest BCUT2D eigenvalue weighted by atomic mass is 32.2. The van der Waals surface area contributed by atoms with Gasteiger partial charge in [0, 0.05) is 26.2 Å². The molecule has 140 valence electrons. The minimum Gasteiger partial charge on any atom is -0.339 e. The third-order valence-electron chi connectivity index (χ3n) is 5.12. The lowest BCUT2D eigenvalue weighted by atomic mass is 9.86. The van der Waals surface area contributed by atoms with Gasteiger partial charge in [-0.05, 0) is 25.0 Å². The van der Waals surface area contributed by atoms with E-state index in [0.717, 1.165) is 35.3 Å². The highest BCUT2D eigenvalue weighted by Gasteiger charge is 2.45. The molecule has 1 aromatic carbocycles. The maximum atomic E-state index is 13.9. The highest BCUT2D eigenvalue weighted by molar-refractivity contribution is 7.89. The van der Waals surface area contributed by atoms with Crippen LogP contribution in [0.3, 0.4) is 0 Å². The lowest BCUT2D eigenvalue weighted by Crippen LogP contribution is -2.53. The van der Waals surface area contributed by atoms with Crippen molar-refractivity contribution in [2.24, 2.45) is 5.41 Å². The van der Waals surface area contributed by atoms with Crippen LogP contribution in [0.2, 0.25) is 0 Å². The molecule has 1 aliphatic heterocycles. The third-order valence-corrected chi connectivity index (χ3v) is 7.07. The van der Waals surface area contributed by atoms with Crippen LogP contribution in [0.15, 0.2) is 23.1 Å². The van der Waals surface area contributed by atoms with Gasteiger partial charge in [0.15, 0.2) is 4.90 Å². The fourth-order valence-corrected chi connectivity index (χ4v) is 5.18. The Labute approximate surface area is 151 Å². The van der Waals surface area contributed by atoms with Crippen LogP contribution in [0.25, 0.3) is 0 Å². The Kier molecular flexibility index (Phi) is 4.99. The molecular formula is C17H19F2N3O3S. The summed E-state index contributed by atoms with van der Waals surface area (Å²) in [5, 5.41) is 9.42. The third kappa shape index (κ3) is 3.08. The molecule has 2 fully saturated rings. The van der Waals surface area contributed by atoms with Gasteiger partial charge in [-0.2, -0.15) is 9.57 Å². The molecule has 1 saturated heterocycles. The number of sulfonamides is 1. The van der Waals surface area contributed by atoms with Crippen molar-refractivity contribution >= 4 is 15.9 Å². The summed E-state index contributed by atoms with van der Waals surface area (Å²) in [4.78, 5) is 13.2. The molecule has 0 aromatic heterocycles. The van der Waals surface area contributed by atoms with Crippen LogP contribution in [-0.2, 0) is 14.8 Å². The Bertz CT molecular complexity index is 832. The monoisotopic (exact) mass is 383 g/mol. The van der Waals surface area contributed by atoms with Crippen molar-refractivity contribution in [2.45, 2.75) is 30.6 Å². The highest BCUT2D eigenvalue weighted by Crippen LogP contribution is 2.39. The van der Waals surface area contributed by atoms with Crippen molar-refractivity contribution in [3.8, 4) is 6.07 Å². The molecule has 0 spiro atoms. The van der Waals surface area contributed by atoms with Gasteiger partial charge in [-0.1, -0.05) is 18.9 Å². The number of piperazine rings is 1. The van der Waals surface area contributed by atoms with E-state index in [0.29, 0.717) is 12.8 Å². The second kappa shape index (κ2) is 6.93. The molecule has 6 nitrogen and oxygen atoms in total. The Morgan fingerprint density at radius 1 is 1.08 bits per heavy atom. The fourth-order valence-electron chi connectivity index (χ4n) is 3.64. The first-order valence-electron chi connectivity index (χ1n) is 8.47. The van der Waals surface area contributed by atoms with E-state index in [1.54, 1.807) is 0 Å². The molecule has 9 heteroatoms. The Morgan fingerprint density at radius 3 is 2.12 bits per heavy atom. The molecule has 0 radical (unpaired) electrons. The second-order valence-corrected chi connectivity index (χ2v) is 8.52. The van der Waals surface area contributed by atoms with Crippen molar-refractivity contribution in [3.05, 3.63) is 29.8 Å². The Hall–Kier alpha value is -2.05. The van der Waals surface area contributed by atoms with Gasteiger partial charge in [-0.3, -0.25) is 4.79 Å². The summed E-state index contributed by atoms with van der Waals surface area (Å²) in [6.45, 7) is 0.0574. The molecule has 1 aromatic rings. The predicted molar refractivity (Wildman–Crippen MR) is 88.2 cm³/mol. The van der Waals surface area contributed by atoms with E-state index in [1.165, 1.54) is 4.90 Å². The number of nitriles is 1. The van der Waals surface area contributed by atoms with Crippen LogP contribution in [-0.4, -0.2) is 49.7 Å². The lowest BCUT2D eigenvalue weighted by molar-refractivity contribution is -0.140. The first-order valence-corrected chi connectivity index (χ1v) is 9.91. The largest absolute Gasteiger partial charge is 0.339 e. The number of amides is 1. The minimum absolute atomic E-state index is 0.0661. The molecule has 1 heterocycles. The fraction of sp³-hybridized carbons (Fsp3) is 0.529. The molecule has 1 amide bonds. The summed E-state index contributed by atoms with van der Waals surface area (Å²) >= 11 is 0. The molecule has 1 saturated carbocycles. The maximum Gasteiger partial charge on any atom is 0.249 e. The average molecular weight is 383 g/mol. The number of nitrogens with zero attached hydrogens (tertiary/aromatic N) is 3. The zero-order valence-corrected chi connectivity index (χ0v) is 14.9. The van der Waals surface area contributed by atoms with Crippen molar-refractivity contribution in [1.29, 1.82) is 5.26 Å². The minimum atomic E-state index is -4.33. The van der Waals surface area contributed by atoms with Gasteiger partial charge in [0.05, 0.1) is 6.07 Å². The van der Waals surface area contributed by atoms with Gasteiger partial charge >= 0.3 is 0 Å². The van der Waals surface area contributed by atoms with E-state index in [-0.39, 0.29) is 32.1 Å². The summed E-state index contributed by atoms with van der Waals surface area (Å²) < 4.78 is 53.8. The van der Waals surface area contributed by atoms with Crippen LogP contribution in [0.1, 0.15) is 25.7 Å². The summed E-state index contributed by atoms with van der Waals surface area (Å²) in [6.07, 6.45) is 2.67. The summed E-state index contributed by atoms with van der Waals surface area (Å²) in [6, 6.07) is 5.03. The number of hydrogen-bond acceptors (Lipinski definition) is 4. The first kappa shape index (κ1) is 18.7. The molecule has 3 rings (SSSR count). The number of hydrogen-bond donors (Lipinski definition) is 0. The normalized spacial score (nSPS) is 20.7. The summed E-state index contributed by atoms with van der Waals surface area (Å²) in [7, 11) is -4.33. The van der Waals surface area contributed by atoms with Gasteiger partial charge in [0.2, 0.25) is 15.9 Å². The second-order valence-electron chi connectivity index (χ2n) is 6.65. The van der Waals surface area contributed by atoms with E-state index in [9.17, 15) is 27.3 Å². The molecule has 2 aliphatic rings. The molecule has 26 heavy (non-hydrogen) atoms. The average Bonchev–Trinajstić information content (AvgIpc) is 3.11. The van der Waals surface area contributed by atoms with E-state index >= 15 is 0 Å². The quantitative estimate of drug-likeness (QED) is 0.798. The van der Waals surface area contributed by atoms with Crippen LogP contribution < -0.4 is 0 Å². The molecule has 0 atom stereocenters. The van der Waals surface area contributed by atoms with Gasteiger partial charge in [0.1, 0.15) is 17.0 Å². The number of benzene rings is 1. The van der Waals surface area contributed by atoms with Gasteiger partial charge < -0.3 is 4.90 Å². The van der Waals surface area contributed by atoms with E-state index in [4.69, 9.17) is 0 Å². The van der Waals surface area contributed by atoms with Gasteiger partial charge in [-0.25, -0.2) is 17.2 Å². The van der Waals surface area contributed by atoms with E-state index < -0.39 is 32.0 Å². The molecule has 1 aliphatic carbocycles. The standard InChI is InChI=1S/C17H19F2N3O3S/c18-13-4-3-5-14(19)15(13)26(24,25)22-10-8-21(9-11-22)16(23)17(12-20)6-1-2-7-17/h3-5H,1-2,6-11H2. The zero-order valence-electron chi connectivity index (χ0n) is 14.1. The van der Waals surface area contributed by atoms with Crippen molar-refractivity contribution in [3.63, 3.8) is 0 Å². The van der Waals surface area contributed by atoms with Crippen molar-refractivity contribution in [2.75, 3.05) is 26.2 Å². The number of carbonyl (C=O) groups excluding carboxylic acids is 1. The van der Waals surface area contributed by atoms with Crippen molar-refractivity contribution < 1.29 is 22.0 Å². The number of halogens is 2. The summed E-state index contributed by atoms with van der Waals surface area (Å²) in [5.74, 6) is -2.55. The topological polar surface area (TPSA) is 81.5 Å². The summed E-state index contributed by atoms with van der Waals surface area (Å²) in [5.41, 5.74) is -1.02. The Balaban J connectivity index is 1.74. The van der Waals surface area contributed by atoms with E-state index in [1.807, 2.05) is 0 Å². The first-order chi connectivity index (χ1) is 12.3. The molecule has 0 bridgehead atoms. The molecular weight excluding hydrogens is 364 g/mol.